The van der Waals surface area contributed by atoms with Gasteiger partial charge in [0.25, 0.3) is 10.0 Å². The molecule has 27 heavy (non-hydrogen) atoms. The van der Waals surface area contributed by atoms with E-state index >= 15 is 0 Å². The number of carbonyl (C=O) groups excluding carboxylic acids is 1. The number of nitrogens with one attached hydrogen (secondary N) is 1. The summed E-state index contributed by atoms with van der Waals surface area (Å²) in [5.74, 6) is -0.440. The summed E-state index contributed by atoms with van der Waals surface area (Å²) in [6, 6.07) is 7.84. The summed E-state index contributed by atoms with van der Waals surface area (Å²) < 4.78 is 38.1. The summed E-state index contributed by atoms with van der Waals surface area (Å²) in [6.45, 7) is 1.75. The van der Waals surface area contributed by atoms with Crippen LogP contribution in [0.3, 0.4) is 0 Å². The lowest BCUT2D eigenvalue weighted by Crippen LogP contribution is -2.15. The van der Waals surface area contributed by atoms with Crippen molar-refractivity contribution in [1.29, 1.82) is 0 Å². The summed E-state index contributed by atoms with van der Waals surface area (Å²) >= 11 is 7.38. The molecule has 0 unspecified atom stereocenters. The summed E-state index contributed by atoms with van der Waals surface area (Å²) in [5.41, 5.74) is 1.67. The molecule has 0 spiro atoms. The van der Waals surface area contributed by atoms with E-state index in [4.69, 9.17) is 20.8 Å². The SMILES string of the molecule is Cc1c(Cl)cccc1S(=O)(=O)Nc1cscc1CCOC(=O)c1ccco1. The van der Waals surface area contributed by atoms with Gasteiger partial charge in [-0.25, -0.2) is 13.2 Å². The van der Waals surface area contributed by atoms with Crippen molar-refractivity contribution < 1.29 is 22.4 Å². The lowest BCUT2D eigenvalue weighted by Gasteiger charge is -2.12. The first-order chi connectivity index (χ1) is 12.9. The van der Waals surface area contributed by atoms with Crippen LogP contribution in [0.2, 0.25) is 5.02 Å². The molecule has 2 heterocycles. The zero-order valence-electron chi connectivity index (χ0n) is 14.3. The number of sulfonamides is 1. The standard InChI is InChI=1S/C18H16ClNO5S2/c1-12-14(19)4-2-6-17(12)27(22,23)20-15-11-26-10-13(15)7-9-25-18(21)16-5-3-8-24-16/h2-6,8,10-11,20H,7,9H2,1H3. The zero-order chi connectivity index (χ0) is 19.4. The Labute approximate surface area is 165 Å². The zero-order valence-corrected chi connectivity index (χ0v) is 16.7. The summed E-state index contributed by atoms with van der Waals surface area (Å²) in [7, 11) is -3.79. The number of anilines is 1. The van der Waals surface area contributed by atoms with Crippen LogP contribution in [-0.4, -0.2) is 21.0 Å². The average molecular weight is 426 g/mol. The molecule has 142 valence electrons. The van der Waals surface area contributed by atoms with Gasteiger partial charge in [-0.05, 0) is 47.7 Å². The number of carbonyl (C=O) groups is 1. The van der Waals surface area contributed by atoms with Crippen LogP contribution in [0.4, 0.5) is 5.69 Å². The normalized spacial score (nSPS) is 11.3. The van der Waals surface area contributed by atoms with Crippen molar-refractivity contribution in [3.05, 3.63) is 69.3 Å². The minimum absolute atomic E-state index is 0.0984. The molecule has 0 aliphatic heterocycles. The number of furan rings is 1. The van der Waals surface area contributed by atoms with Gasteiger partial charge >= 0.3 is 5.97 Å². The lowest BCUT2D eigenvalue weighted by atomic mass is 10.2. The van der Waals surface area contributed by atoms with Crippen LogP contribution in [0.25, 0.3) is 0 Å². The minimum Gasteiger partial charge on any atom is -0.459 e. The number of hydrogen-bond donors (Lipinski definition) is 1. The summed E-state index contributed by atoms with van der Waals surface area (Å²) in [4.78, 5) is 11.9. The predicted molar refractivity (Wildman–Crippen MR) is 104 cm³/mol. The Kier molecular flexibility index (Phi) is 5.88. The Morgan fingerprint density at radius 3 is 2.81 bits per heavy atom. The van der Waals surface area contributed by atoms with Gasteiger partial charge in [-0.2, -0.15) is 0 Å². The van der Waals surface area contributed by atoms with Gasteiger partial charge in [-0.1, -0.05) is 17.7 Å². The van der Waals surface area contributed by atoms with Gasteiger partial charge < -0.3 is 9.15 Å². The van der Waals surface area contributed by atoms with E-state index in [0.29, 0.717) is 22.7 Å². The molecule has 0 amide bonds. The topological polar surface area (TPSA) is 85.6 Å². The number of ether oxygens (including phenoxy) is 1. The molecule has 0 atom stereocenters. The molecule has 0 aliphatic rings. The van der Waals surface area contributed by atoms with Crippen molar-refractivity contribution in [3.63, 3.8) is 0 Å². The highest BCUT2D eigenvalue weighted by Gasteiger charge is 2.20. The first-order valence-corrected chi connectivity index (χ1v) is 10.7. The first kappa shape index (κ1) is 19.5. The Hall–Kier alpha value is -2.29. The largest absolute Gasteiger partial charge is 0.459 e. The molecule has 2 aromatic heterocycles. The van der Waals surface area contributed by atoms with Crippen molar-refractivity contribution in [2.24, 2.45) is 0 Å². The highest BCUT2D eigenvalue weighted by Crippen LogP contribution is 2.28. The van der Waals surface area contributed by atoms with Crippen molar-refractivity contribution in [1.82, 2.24) is 0 Å². The van der Waals surface area contributed by atoms with Gasteiger partial charge in [0.15, 0.2) is 0 Å². The summed E-state index contributed by atoms with van der Waals surface area (Å²) in [6.07, 6.45) is 1.75. The third kappa shape index (κ3) is 4.52. The van der Waals surface area contributed by atoms with Gasteiger partial charge in [0.1, 0.15) is 0 Å². The van der Waals surface area contributed by atoms with Crippen LogP contribution in [0, 0.1) is 6.92 Å². The third-order valence-electron chi connectivity index (χ3n) is 3.82. The number of thiophene rings is 1. The molecule has 0 bridgehead atoms. The Bertz CT molecular complexity index is 1040. The molecule has 0 radical (unpaired) electrons. The van der Waals surface area contributed by atoms with Gasteiger partial charge in [-0.15, -0.1) is 11.3 Å². The minimum atomic E-state index is -3.79. The number of hydrogen-bond acceptors (Lipinski definition) is 6. The number of rotatable bonds is 7. The van der Waals surface area contributed by atoms with Crippen LogP contribution < -0.4 is 4.72 Å². The average Bonchev–Trinajstić information content (AvgIpc) is 3.29. The molecule has 3 aromatic rings. The molecule has 9 heteroatoms. The molecular weight excluding hydrogens is 410 g/mol. The fraction of sp³-hybridized carbons (Fsp3) is 0.167. The van der Waals surface area contributed by atoms with Crippen LogP contribution >= 0.6 is 22.9 Å². The highest BCUT2D eigenvalue weighted by atomic mass is 35.5. The van der Waals surface area contributed by atoms with E-state index in [1.807, 2.05) is 5.38 Å². The van der Waals surface area contributed by atoms with Gasteiger partial charge in [0.2, 0.25) is 5.76 Å². The molecule has 3 rings (SSSR count). The maximum atomic E-state index is 12.7. The maximum absolute atomic E-state index is 12.7. The molecule has 6 nitrogen and oxygen atoms in total. The fourth-order valence-corrected chi connectivity index (χ4v) is 4.89. The molecule has 1 aromatic carbocycles. The second kappa shape index (κ2) is 8.16. The molecule has 0 aliphatic carbocycles. The number of esters is 1. The van der Waals surface area contributed by atoms with Crippen LogP contribution in [0.1, 0.15) is 21.7 Å². The van der Waals surface area contributed by atoms with Gasteiger partial charge in [-0.3, -0.25) is 4.72 Å². The van der Waals surface area contributed by atoms with E-state index in [0.717, 1.165) is 5.56 Å². The van der Waals surface area contributed by atoms with Crippen LogP contribution in [-0.2, 0) is 21.2 Å². The maximum Gasteiger partial charge on any atom is 0.374 e. The number of benzene rings is 1. The van der Waals surface area contributed by atoms with Crippen LogP contribution in [0.15, 0.2) is 56.7 Å². The van der Waals surface area contributed by atoms with Crippen molar-refractivity contribution in [3.8, 4) is 0 Å². The lowest BCUT2D eigenvalue weighted by molar-refractivity contribution is 0.0473. The molecule has 0 saturated carbocycles. The highest BCUT2D eigenvalue weighted by molar-refractivity contribution is 7.92. The molecule has 0 fully saturated rings. The fourth-order valence-electron chi connectivity index (χ4n) is 2.40. The second-order valence-electron chi connectivity index (χ2n) is 5.64. The molecule has 0 saturated heterocycles. The van der Waals surface area contributed by atoms with Crippen molar-refractivity contribution in [2.45, 2.75) is 18.2 Å². The Morgan fingerprint density at radius 1 is 1.26 bits per heavy atom. The van der Waals surface area contributed by atoms with E-state index in [-0.39, 0.29) is 17.3 Å². The molecular formula is C18H16ClNO5S2. The quantitative estimate of drug-likeness (QED) is 0.563. The van der Waals surface area contributed by atoms with E-state index in [1.54, 1.807) is 30.5 Å². The van der Waals surface area contributed by atoms with Gasteiger partial charge in [0, 0.05) is 16.8 Å². The predicted octanol–water partition coefficient (Wildman–Crippen LogP) is 4.50. The Morgan fingerprint density at radius 2 is 2.07 bits per heavy atom. The molecule has 1 N–H and O–H groups in total. The van der Waals surface area contributed by atoms with Crippen LogP contribution in [0.5, 0.6) is 0 Å². The van der Waals surface area contributed by atoms with E-state index < -0.39 is 16.0 Å². The van der Waals surface area contributed by atoms with Crippen molar-refractivity contribution >= 4 is 44.6 Å². The smallest absolute Gasteiger partial charge is 0.374 e. The number of halogens is 1. The van der Waals surface area contributed by atoms with E-state index in [2.05, 4.69) is 4.72 Å². The van der Waals surface area contributed by atoms with E-state index in [9.17, 15) is 13.2 Å². The van der Waals surface area contributed by atoms with Crippen molar-refractivity contribution in [2.75, 3.05) is 11.3 Å². The van der Waals surface area contributed by atoms with E-state index in [1.165, 1.54) is 29.7 Å². The summed E-state index contributed by atoms with van der Waals surface area (Å²) in [5, 5.41) is 3.89. The van der Waals surface area contributed by atoms with Gasteiger partial charge in [0.05, 0.1) is 23.5 Å². The monoisotopic (exact) mass is 425 g/mol. The third-order valence-corrected chi connectivity index (χ3v) is 6.53. The second-order valence-corrected chi connectivity index (χ2v) is 8.44. The Balaban J connectivity index is 1.68. The first-order valence-electron chi connectivity index (χ1n) is 7.92.